The fraction of sp³-hybridized carbons (Fsp3) is 0.568. The minimum Gasteiger partial charge on any atom is -0.480 e. The van der Waals surface area contributed by atoms with Gasteiger partial charge >= 0.3 is 12.1 Å². The molecule has 7 N–H and O–H groups in total. The Morgan fingerprint density at radius 1 is 0.920 bits per heavy atom. The third-order valence-electron chi connectivity index (χ3n) is 7.57. The molecule has 1 aromatic rings. The van der Waals surface area contributed by atoms with Crippen molar-refractivity contribution in [3.8, 4) is 0 Å². The SMILES string of the molecule is C/C=C\C1=C(C)c2ccccc2C1COC(=O)NC(C(=O)NCC(=O)NC(CCC(N)=O)C(=O)NC(CC(C)C)C(=O)O)C(C)C.CC.CC. The van der Waals surface area contributed by atoms with Crippen LogP contribution in [-0.2, 0) is 28.7 Å². The normalized spacial score (nSPS) is 15.0. The molecule has 280 valence electrons. The van der Waals surface area contributed by atoms with Gasteiger partial charge in [0, 0.05) is 12.3 Å². The molecule has 0 spiro atoms. The molecule has 13 nitrogen and oxygen atoms in total. The van der Waals surface area contributed by atoms with Crippen molar-refractivity contribution < 1.29 is 38.6 Å². The Bertz CT molecular complexity index is 1350. The number of benzene rings is 1. The Morgan fingerprint density at radius 3 is 2.08 bits per heavy atom. The molecule has 0 aliphatic heterocycles. The molecule has 5 amide bonds. The fourth-order valence-corrected chi connectivity index (χ4v) is 5.23. The Balaban J connectivity index is 0.00000578. The highest BCUT2D eigenvalue weighted by Crippen LogP contribution is 2.42. The molecule has 0 saturated carbocycles. The van der Waals surface area contributed by atoms with Crippen LogP contribution in [0.2, 0.25) is 0 Å². The molecule has 0 bridgehead atoms. The number of hydrogen-bond donors (Lipinski definition) is 6. The Morgan fingerprint density at radius 2 is 1.54 bits per heavy atom. The highest BCUT2D eigenvalue weighted by Gasteiger charge is 2.31. The molecule has 2 rings (SSSR count). The number of nitrogens with two attached hydrogens (primary N) is 1. The average molecular weight is 702 g/mol. The predicted octanol–water partition coefficient (Wildman–Crippen LogP) is 4.42. The van der Waals surface area contributed by atoms with Gasteiger partial charge in [-0.25, -0.2) is 9.59 Å². The van der Waals surface area contributed by atoms with Gasteiger partial charge in [0.15, 0.2) is 0 Å². The van der Waals surface area contributed by atoms with Gasteiger partial charge in [0.2, 0.25) is 23.6 Å². The van der Waals surface area contributed by atoms with E-state index in [0.29, 0.717) is 0 Å². The standard InChI is InChI=1S/C33H47N5O8.2C2H6/c1-7-10-21-20(6)22-11-8-9-12-23(22)24(21)17-46-33(45)38-29(19(4)5)31(42)35-16-28(40)36-25(13-14-27(34)39)30(41)37-26(32(43)44)15-18(2)3;2*1-2/h7-12,18-19,24-26,29H,13-17H2,1-6H3,(H2,34,39)(H,35,42)(H,36,40)(H,37,41)(H,38,45)(H,43,44);2*1-2H3/b10-7-;;. The first-order valence-corrected chi connectivity index (χ1v) is 17.4. The maximum absolute atomic E-state index is 13.0. The summed E-state index contributed by atoms with van der Waals surface area (Å²) in [7, 11) is 0. The number of rotatable bonds is 17. The van der Waals surface area contributed by atoms with Crippen molar-refractivity contribution in [2.75, 3.05) is 13.2 Å². The van der Waals surface area contributed by atoms with Crippen LogP contribution in [0.1, 0.15) is 106 Å². The van der Waals surface area contributed by atoms with Crippen LogP contribution in [0.5, 0.6) is 0 Å². The summed E-state index contributed by atoms with van der Waals surface area (Å²) in [5.74, 6) is -4.74. The van der Waals surface area contributed by atoms with Gasteiger partial charge in [0.25, 0.3) is 0 Å². The molecule has 1 aliphatic carbocycles. The van der Waals surface area contributed by atoms with E-state index in [1.807, 2.05) is 78.0 Å². The molecule has 1 aliphatic rings. The van der Waals surface area contributed by atoms with Gasteiger partial charge < -0.3 is 36.8 Å². The monoisotopic (exact) mass is 701 g/mol. The lowest BCUT2D eigenvalue weighted by Crippen LogP contribution is -2.55. The van der Waals surface area contributed by atoms with Crippen LogP contribution in [0.4, 0.5) is 4.79 Å². The summed E-state index contributed by atoms with van der Waals surface area (Å²) < 4.78 is 5.56. The van der Waals surface area contributed by atoms with Crippen molar-refractivity contribution in [1.82, 2.24) is 21.3 Å². The highest BCUT2D eigenvalue weighted by molar-refractivity contribution is 5.93. The Kier molecular flexibility index (Phi) is 21.4. The maximum atomic E-state index is 13.0. The minimum atomic E-state index is -1.27. The van der Waals surface area contributed by atoms with Gasteiger partial charge in [0.1, 0.15) is 24.7 Å². The van der Waals surface area contributed by atoms with Crippen LogP contribution in [0.15, 0.2) is 42.0 Å². The van der Waals surface area contributed by atoms with Crippen LogP contribution in [-0.4, -0.2) is 72.1 Å². The average Bonchev–Trinajstić information content (AvgIpc) is 3.34. The molecule has 0 aromatic heterocycles. The molecular formula is C37H59N5O8. The summed E-state index contributed by atoms with van der Waals surface area (Å²) >= 11 is 0. The van der Waals surface area contributed by atoms with Gasteiger partial charge in [-0.2, -0.15) is 0 Å². The van der Waals surface area contributed by atoms with Crippen LogP contribution in [0.3, 0.4) is 0 Å². The molecule has 4 unspecified atom stereocenters. The van der Waals surface area contributed by atoms with Crippen molar-refractivity contribution in [2.24, 2.45) is 17.6 Å². The van der Waals surface area contributed by atoms with Crippen LogP contribution >= 0.6 is 0 Å². The van der Waals surface area contributed by atoms with E-state index in [2.05, 4.69) is 21.3 Å². The summed E-state index contributed by atoms with van der Waals surface area (Å²) in [6.07, 6.45) is 2.87. The molecule has 0 radical (unpaired) electrons. The lowest BCUT2D eigenvalue weighted by Gasteiger charge is -2.23. The Hall–Kier alpha value is -4.68. The van der Waals surface area contributed by atoms with E-state index >= 15 is 0 Å². The molecule has 0 heterocycles. The summed E-state index contributed by atoms with van der Waals surface area (Å²) in [4.78, 5) is 74.3. The maximum Gasteiger partial charge on any atom is 0.407 e. The number of ether oxygens (including phenoxy) is 1. The quantitative estimate of drug-likeness (QED) is 0.137. The van der Waals surface area contributed by atoms with Crippen molar-refractivity contribution in [3.05, 3.63) is 53.1 Å². The fourth-order valence-electron chi connectivity index (χ4n) is 5.23. The van der Waals surface area contributed by atoms with Crippen molar-refractivity contribution >= 4 is 41.3 Å². The predicted molar refractivity (Wildman–Crippen MR) is 195 cm³/mol. The first-order chi connectivity index (χ1) is 23.7. The zero-order chi connectivity index (χ0) is 38.6. The van der Waals surface area contributed by atoms with Crippen LogP contribution < -0.4 is 27.0 Å². The third-order valence-corrected chi connectivity index (χ3v) is 7.57. The molecule has 1 aromatic carbocycles. The van der Waals surface area contributed by atoms with Crippen molar-refractivity contribution in [3.63, 3.8) is 0 Å². The van der Waals surface area contributed by atoms with E-state index in [-0.39, 0.29) is 43.6 Å². The summed E-state index contributed by atoms with van der Waals surface area (Å²) in [6, 6.07) is 4.39. The van der Waals surface area contributed by atoms with E-state index in [4.69, 9.17) is 10.5 Å². The number of carboxylic acid groups (broad SMARTS) is 1. The zero-order valence-electron chi connectivity index (χ0n) is 31.3. The molecule has 13 heteroatoms. The molecular weight excluding hydrogens is 642 g/mol. The van der Waals surface area contributed by atoms with Crippen molar-refractivity contribution in [2.45, 2.75) is 113 Å². The second-order valence-electron chi connectivity index (χ2n) is 12.1. The number of carboxylic acids is 1. The van der Waals surface area contributed by atoms with E-state index in [0.717, 1.165) is 22.3 Å². The Labute approximate surface area is 297 Å². The topological polar surface area (TPSA) is 206 Å². The van der Waals surface area contributed by atoms with E-state index < -0.39 is 60.4 Å². The molecule has 0 saturated heterocycles. The molecule has 50 heavy (non-hydrogen) atoms. The van der Waals surface area contributed by atoms with Gasteiger partial charge in [-0.15, -0.1) is 0 Å². The first kappa shape index (κ1) is 45.3. The number of amides is 5. The zero-order valence-corrected chi connectivity index (χ0v) is 31.3. The number of hydrogen-bond acceptors (Lipinski definition) is 7. The van der Waals surface area contributed by atoms with Gasteiger partial charge in [-0.3, -0.25) is 19.2 Å². The number of primary amides is 1. The molecule has 4 atom stereocenters. The molecule has 0 fully saturated rings. The number of nitrogens with one attached hydrogen (secondary N) is 4. The lowest BCUT2D eigenvalue weighted by atomic mass is 9.96. The van der Waals surface area contributed by atoms with Gasteiger partial charge in [0.05, 0.1) is 6.54 Å². The lowest BCUT2D eigenvalue weighted by molar-refractivity contribution is -0.142. The first-order valence-electron chi connectivity index (χ1n) is 17.4. The second kappa shape index (κ2) is 23.6. The summed E-state index contributed by atoms with van der Waals surface area (Å²) in [5.41, 5.74) is 9.49. The smallest absolute Gasteiger partial charge is 0.407 e. The van der Waals surface area contributed by atoms with E-state index in [1.165, 1.54) is 0 Å². The van der Waals surface area contributed by atoms with Crippen molar-refractivity contribution in [1.29, 1.82) is 0 Å². The van der Waals surface area contributed by atoms with Gasteiger partial charge in [-0.05, 0) is 60.8 Å². The van der Waals surface area contributed by atoms with E-state index in [1.54, 1.807) is 27.7 Å². The number of allylic oxidation sites excluding steroid dienone is 3. The van der Waals surface area contributed by atoms with Crippen LogP contribution in [0, 0.1) is 11.8 Å². The minimum absolute atomic E-state index is 0.0359. The number of fused-ring (bicyclic) bond motifs is 1. The number of carbonyl (C=O) groups excluding carboxylic acids is 5. The number of alkyl carbamates (subject to hydrolysis) is 1. The third kappa shape index (κ3) is 14.8. The second-order valence-corrected chi connectivity index (χ2v) is 12.1. The van der Waals surface area contributed by atoms with E-state index in [9.17, 15) is 33.9 Å². The highest BCUT2D eigenvalue weighted by atomic mass is 16.5. The van der Waals surface area contributed by atoms with Gasteiger partial charge in [-0.1, -0.05) is 91.8 Å². The summed E-state index contributed by atoms with van der Waals surface area (Å²) in [6.45, 7) is 18.5. The number of aliphatic carboxylic acids is 1. The summed E-state index contributed by atoms with van der Waals surface area (Å²) in [5, 5.41) is 19.3. The van der Waals surface area contributed by atoms with Crippen LogP contribution in [0.25, 0.3) is 5.57 Å². The largest absolute Gasteiger partial charge is 0.480 e. The number of carbonyl (C=O) groups is 6.